The van der Waals surface area contributed by atoms with E-state index in [2.05, 4.69) is 4.98 Å². The van der Waals surface area contributed by atoms with E-state index in [0.29, 0.717) is 11.5 Å². The summed E-state index contributed by atoms with van der Waals surface area (Å²) < 4.78 is 2.67. The lowest BCUT2D eigenvalue weighted by atomic mass is 10.1. The zero-order valence-corrected chi connectivity index (χ0v) is 11.5. The normalized spacial score (nSPS) is 11.0. The van der Waals surface area contributed by atoms with Crippen LogP contribution in [0.3, 0.4) is 0 Å². The lowest BCUT2D eigenvalue weighted by Crippen LogP contribution is -2.30. The molecular formula is C15H12N3O3-. The number of hydrogen-bond acceptors (Lipinski definition) is 4. The van der Waals surface area contributed by atoms with Crippen molar-refractivity contribution >= 4 is 11.6 Å². The van der Waals surface area contributed by atoms with Crippen LogP contribution in [0.4, 0.5) is 0 Å². The topological polar surface area (TPSA) is 85.1 Å². The molecule has 0 atom stereocenters. The molecule has 106 valence electrons. The molecule has 0 aliphatic heterocycles. The minimum absolute atomic E-state index is 0.0985. The molecule has 0 aliphatic rings. The van der Waals surface area contributed by atoms with Crippen molar-refractivity contribution in [1.82, 2.24) is 9.55 Å². The fraction of sp³-hybridized carbons (Fsp3) is 0.133. The standard InChI is InChI=1S/C15H13N3O3/c1-9-17(2)13(15(20)21)14-16-11(8-12(19)18(9)14)10-6-4-3-5-7-10/h3-8H,1-2H3,(H-,16,19,20,21)/p-1. The molecule has 0 saturated heterocycles. The lowest BCUT2D eigenvalue weighted by molar-refractivity contribution is -0.592. The molecule has 6 heteroatoms. The van der Waals surface area contributed by atoms with E-state index in [9.17, 15) is 15.0 Å². The number of aromatic nitrogens is 3. The zero-order valence-electron chi connectivity index (χ0n) is 11.5. The summed E-state index contributed by atoms with van der Waals surface area (Å²) in [5, 5.41) is 23.6. The second kappa shape index (κ2) is 4.59. The molecule has 2 aromatic heterocycles. The quantitative estimate of drug-likeness (QED) is 0.597. The van der Waals surface area contributed by atoms with Crippen LogP contribution in [0, 0.1) is 6.92 Å². The summed E-state index contributed by atoms with van der Waals surface area (Å²) in [6, 6.07) is 10.5. The molecule has 0 saturated carbocycles. The van der Waals surface area contributed by atoms with Crippen LogP contribution in [0.2, 0.25) is 0 Å². The van der Waals surface area contributed by atoms with Crippen LogP contribution in [-0.2, 0) is 7.05 Å². The van der Waals surface area contributed by atoms with Gasteiger partial charge in [-0.25, -0.2) is 4.40 Å². The molecular weight excluding hydrogens is 270 g/mol. The van der Waals surface area contributed by atoms with E-state index < -0.39 is 5.97 Å². The summed E-state index contributed by atoms with van der Waals surface area (Å²) in [5.41, 5.74) is 1.18. The van der Waals surface area contributed by atoms with Crippen molar-refractivity contribution in [2.45, 2.75) is 6.92 Å². The van der Waals surface area contributed by atoms with E-state index in [1.165, 1.54) is 15.0 Å². The van der Waals surface area contributed by atoms with E-state index >= 15 is 0 Å². The third-order valence-electron chi connectivity index (χ3n) is 3.54. The Balaban J connectivity index is 2.38. The van der Waals surface area contributed by atoms with E-state index in [1.54, 1.807) is 14.0 Å². The summed E-state index contributed by atoms with van der Waals surface area (Å²) in [7, 11) is 1.57. The van der Waals surface area contributed by atoms with E-state index in [1.807, 2.05) is 30.3 Å². The Kier molecular flexibility index (Phi) is 2.86. The van der Waals surface area contributed by atoms with Crippen LogP contribution < -0.4 is 14.6 Å². The van der Waals surface area contributed by atoms with Gasteiger partial charge in [-0.2, -0.15) is 0 Å². The smallest absolute Gasteiger partial charge is 0.308 e. The first kappa shape index (κ1) is 13.1. The highest BCUT2D eigenvalue weighted by Crippen LogP contribution is 2.20. The Labute approximate surface area is 120 Å². The Morgan fingerprint density at radius 3 is 2.57 bits per heavy atom. The maximum atomic E-state index is 12.3. The van der Waals surface area contributed by atoms with Gasteiger partial charge in [-0.1, -0.05) is 35.3 Å². The van der Waals surface area contributed by atoms with Crippen molar-refractivity contribution in [3.8, 4) is 17.1 Å². The Hall–Kier alpha value is -2.89. The highest BCUT2D eigenvalue weighted by Gasteiger charge is 2.23. The third-order valence-corrected chi connectivity index (χ3v) is 3.54. The van der Waals surface area contributed by atoms with E-state index in [0.717, 1.165) is 5.56 Å². The van der Waals surface area contributed by atoms with Crippen LogP contribution in [0.1, 0.15) is 16.3 Å². The summed E-state index contributed by atoms with van der Waals surface area (Å²) in [6.07, 6.45) is 0. The number of fused-ring (bicyclic) bond motifs is 1. The van der Waals surface area contributed by atoms with Gasteiger partial charge in [0.05, 0.1) is 7.05 Å². The summed E-state index contributed by atoms with van der Waals surface area (Å²) in [6.45, 7) is 1.66. The molecule has 0 spiro atoms. The SMILES string of the molecule is Cc1n(C)c(C(=O)[O-])c2nc(-c3ccccc3)cc([O-])[n+]12. The predicted octanol–water partition coefficient (Wildman–Crippen LogP) is -0.429. The summed E-state index contributed by atoms with van der Waals surface area (Å²) in [5.74, 6) is -1.19. The first-order chi connectivity index (χ1) is 10.0. The molecule has 0 fully saturated rings. The van der Waals surface area contributed by atoms with Gasteiger partial charge in [0.25, 0.3) is 0 Å². The van der Waals surface area contributed by atoms with Gasteiger partial charge < -0.3 is 15.0 Å². The van der Waals surface area contributed by atoms with Gasteiger partial charge in [0.2, 0.25) is 5.82 Å². The molecule has 3 rings (SSSR count). The van der Waals surface area contributed by atoms with Gasteiger partial charge in [0, 0.05) is 24.4 Å². The first-order valence-corrected chi connectivity index (χ1v) is 6.36. The van der Waals surface area contributed by atoms with Crippen molar-refractivity contribution in [2.75, 3.05) is 0 Å². The molecule has 21 heavy (non-hydrogen) atoms. The largest absolute Gasteiger partial charge is 0.848 e. The predicted molar refractivity (Wildman–Crippen MR) is 70.3 cm³/mol. The number of carbonyl (C=O) groups excluding carboxylic acids is 1. The molecule has 6 nitrogen and oxygen atoms in total. The van der Waals surface area contributed by atoms with Gasteiger partial charge in [0.15, 0.2) is 5.69 Å². The molecule has 1 aromatic carbocycles. The van der Waals surface area contributed by atoms with Gasteiger partial charge >= 0.3 is 5.65 Å². The minimum atomic E-state index is -1.36. The molecule has 2 heterocycles. The van der Waals surface area contributed by atoms with Crippen molar-refractivity contribution in [1.29, 1.82) is 0 Å². The molecule has 0 aliphatic carbocycles. The minimum Gasteiger partial charge on any atom is -0.848 e. The second-order valence-electron chi connectivity index (χ2n) is 4.75. The fourth-order valence-electron chi connectivity index (χ4n) is 2.40. The highest BCUT2D eigenvalue weighted by atomic mass is 16.4. The maximum Gasteiger partial charge on any atom is 0.308 e. The Morgan fingerprint density at radius 1 is 1.29 bits per heavy atom. The third kappa shape index (κ3) is 1.92. The van der Waals surface area contributed by atoms with Crippen molar-refractivity contribution in [3.05, 3.63) is 47.9 Å². The van der Waals surface area contributed by atoms with Gasteiger partial charge in [-0.15, -0.1) is 0 Å². The molecule has 0 bridgehead atoms. The molecule has 3 aromatic rings. The number of carbonyl (C=O) groups is 1. The Morgan fingerprint density at radius 2 is 1.95 bits per heavy atom. The van der Waals surface area contributed by atoms with E-state index in [-0.39, 0.29) is 17.2 Å². The Bertz CT molecular complexity index is 854. The fourth-order valence-corrected chi connectivity index (χ4v) is 2.40. The van der Waals surface area contributed by atoms with Crippen LogP contribution in [-0.4, -0.2) is 15.5 Å². The number of aromatic carboxylic acids is 1. The van der Waals surface area contributed by atoms with Crippen LogP contribution in [0.25, 0.3) is 16.9 Å². The number of carboxylic acids is 1. The van der Waals surface area contributed by atoms with Crippen LogP contribution in [0.5, 0.6) is 5.88 Å². The monoisotopic (exact) mass is 282 g/mol. The van der Waals surface area contributed by atoms with E-state index in [4.69, 9.17) is 0 Å². The van der Waals surface area contributed by atoms with Gasteiger partial charge in [0.1, 0.15) is 11.7 Å². The number of imidazole rings is 1. The van der Waals surface area contributed by atoms with Gasteiger partial charge in [-0.3, -0.25) is 4.57 Å². The maximum absolute atomic E-state index is 12.3. The number of benzene rings is 1. The zero-order chi connectivity index (χ0) is 15.1. The second-order valence-corrected chi connectivity index (χ2v) is 4.75. The number of hydrogen-bond donors (Lipinski definition) is 0. The highest BCUT2D eigenvalue weighted by molar-refractivity contribution is 5.90. The van der Waals surface area contributed by atoms with Crippen LogP contribution in [0.15, 0.2) is 36.4 Å². The van der Waals surface area contributed by atoms with Crippen molar-refractivity contribution < 1.29 is 19.4 Å². The summed E-state index contributed by atoms with van der Waals surface area (Å²) >= 11 is 0. The molecule has 0 radical (unpaired) electrons. The molecule has 0 unspecified atom stereocenters. The summed E-state index contributed by atoms with van der Waals surface area (Å²) in [4.78, 5) is 15.7. The number of aryl methyl sites for hydroxylation is 1. The average Bonchev–Trinajstić information content (AvgIpc) is 2.72. The number of rotatable bonds is 2. The lowest BCUT2D eigenvalue weighted by Gasteiger charge is -2.07. The first-order valence-electron chi connectivity index (χ1n) is 6.36. The van der Waals surface area contributed by atoms with Gasteiger partial charge in [-0.05, 0) is 0 Å². The van der Waals surface area contributed by atoms with Crippen molar-refractivity contribution in [3.63, 3.8) is 0 Å². The van der Waals surface area contributed by atoms with Crippen molar-refractivity contribution in [2.24, 2.45) is 7.05 Å². The molecule has 0 N–H and O–H groups in total. The number of carboxylic acid groups (broad SMARTS) is 1. The number of nitrogens with zero attached hydrogens (tertiary/aromatic N) is 3. The van der Waals surface area contributed by atoms with Crippen LogP contribution >= 0.6 is 0 Å². The molecule has 0 amide bonds. The average molecular weight is 282 g/mol.